The van der Waals surface area contributed by atoms with Crippen molar-refractivity contribution in [3.8, 4) is 6.07 Å². The number of likely N-dealkylation sites (N-methyl/N-ethyl adjacent to an activating group) is 1. The van der Waals surface area contributed by atoms with Crippen molar-refractivity contribution >= 4 is 5.91 Å². The summed E-state index contributed by atoms with van der Waals surface area (Å²) in [5.41, 5.74) is 0. The van der Waals surface area contributed by atoms with Gasteiger partial charge in [-0.05, 0) is 6.92 Å². The van der Waals surface area contributed by atoms with Crippen LogP contribution in [0.5, 0.6) is 0 Å². The molecule has 1 rings (SSSR count). The van der Waals surface area contributed by atoms with E-state index >= 15 is 0 Å². The molecule has 1 amide bonds. The van der Waals surface area contributed by atoms with E-state index < -0.39 is 0 Å². The van der Waals surface area contributed by atoms with Crippen molar-refractivity contribution in [3.63, 3.8) is 0 Å². The molecule has 0 spiro atoms. The third kappa shape index (κ3) is 3.18. The maximum atomic E-state index is 11.9. The van der Waals surface area contributed by atoms with Crippen LogP contribution in [0.15, 0.2) is 0 Å². The molecular weight excluding hydrogens is 194 g/mol. The normalized spacial score (nSPS) is 22.9. The summed E-state index contributed by atoms with van der Waals surface area (Å²) >= 11 is 0. The number of morpholine rings is 1. The van der Waals surface area contributed by atoms with Crippen LogP contribution < -0.4 is 5.32 Å². The summed E-state index contributed by atoms with van der Waals surface area (Å²) in [5.74, 6) is -0.00236. The summed E-state index contributed by atoms with van der Waals surface area (Å²) in [4.78, 5) is 13.5. The van der Waals surface area contributed by atoms with Crippen molar-refractivity contribution < 1.29 is 9.53 Å². The third-order valence-corrected chi connectivity index (χ3v) is 2.62. The van der Waals surface area contributed by atoms with Gasteiger partial charge in [0.1, 0.15) is 6.04 Å². The van der Waals surface area contributed by atoms with Crippen molar-refractivity contribution in [3.05, 3.63) is 0 Å². The molecule has 1 saturated heterocycles. The second-order valence-electron chi connectivity index (χ2n) is 3.74. The predicted molar refractivity (Wildman–Crippen MR) is 55.1 cm³/mol. The molecule has 0 bridgehead atoms. The van der Waals surface area contributed by atoms with E-state index in [0.29, 0.717) is 26.2 Å². The van der Waals surface area contributed by atoms with Crippen molar-refractivity contribution in [2.75, 3.05) is 26.8 Å². The van der Waals surface area contributed by atoms with Gasteiger partial charge in [0, 0.05) is 19.6 Å². The summed E-state index contributed by atoms with van der Waals surface area (Å²) < 4.78 is 5.22. The molecule has 1 aliphatic rings. The summed E-state index contributed by atoms with van der Waals surface area (Å²) in [6.45, 7) is 3.64. The molecule has 84 valence electrons. The first-order chi connectivity index (χ1) is 7.16. The monoisotopic (exact) mass is 211 g/mol. The lowest BCUT2D eigenvalue weighted by atomic mass is 10.2. The molecule has 2 atom stereocenters. The Kier molecular flexibility index (Phi) is 4.53. The highest BCUT2D eigenvalue weighted by Gasteiger charge is 2.26. The zero-order valence-corrected chi connectivity index (χ0v) is 9.19. The Bertz CT molecular complexity index is 256. The van der Waals surface area contributed by atoms with E-state index in [-0.39, 0.29) is 18.0 Å². The smallest absolute Gasteiger partial charge is 0.242 e. The Hall–Kier alpha value is -1.12. The summed E-state index contributed by atoms with van der Waals surface area (Å²) in [7, 11) is 1.72. The number of nitriles is 1. The molecule has 0 radical (unpaired) electrons. The first kappa shape index (κ1) is 12.0. The fraction of sp³-hybridized carbons (Fsp3) is 0.800. The number of carbonyl (C=O) groups is 1. The molecule has 0 aromatic carbocycles. The van der Waals surface area contributed by atoms with Crippen LogP contribution in [0.4, 0.5) is 0 Å². The molecule has 1 fully saturated rings. The van der Waals surface area contributed by atoms with Crippen LogP contribution in [-0.2, 0) is 9.53 Å². The van der Waals surface area contributed by atoms with Crippen LogP contribution in [0.3, 0.4) is 0 Å². The summed E-state index contributed by atoms with van der Waals surface area (Å²) in [5, 5.41) is 11.6. The van der Waals surface area contributed by atoms with Crippen molar-refractivity contribution in [2.24, 2.45) is 0 Å². The number of amides is 1. The van der Waals surface area contributed by atoms with E-state index in [1.54, 1.807) is 11.9 Å². The Morgan fingerprint density at radius 1 is 1.80 bits per heavy atom. The van der Waals surface area contributed by atoms with Gasteiger partial charge < -0.3 is 15.0 Å². The average Bonchev–Trinajstić information content (AvgIpc) is 2.28. The van der Waals surface area contributed by atoms with E-state index in [2.05, 4.69) is 11.4 Å². The van der Waals surface area contributed by atoms with Crippen molar-refractivity contribution in [2.45, 2.75) is 25.4 Å². The van der Waals surface area contributed by atoms with Gasteiger partial charge in [-0.25, -0.2) is 0 Å². The van der Waals surface area contributed by atoms with E-state index in [0.717, 1.165) is 0 Å². The van der Waals surface area contributed by atoms with Crippen LogP contribution in [0.1, 0.15) is 13.3 Å². The zero-order chi connectivity index (χ0) is 11.3. The minimum Gasteiger partial charge on any atom is -0.378 e. The number of hydrogen-bond acceptors (Lipinski definition) is 4. The molecule has 0 aromatic rings. The number of nitrogens with one attached hydrogen (secondary N) is 1. The number of carbonyl (C=O) groups excluding carboxylic acids is 1. The standard InChI is InChI=1S/C10H17N3O2/c1-8(3-4-11)13(2)10(14)9-7-15-6-5-12-9/h8-9,12H,3,5-7H2,1-2H3. The van der Waals surface area contributed by atoms with Crippen LogP contribution in [0, 0.1) is 11.3 Å². The topological polar surface area (TPSA) is 65.4 Å². The second-order valence-corrected chi connectivity index (χ2v) is 3.74. The molecule has 1 aliphatic heterocycles. The second kappa shape index (κ2) is 5.69. The van der Waals surface area contributed by atoms with Gasteiger partial charge >= 0.3 is 0 Å². The Labute approximate surface area is 90.0 Å². The summed E-state index contributed by atoms with van der Waals surface area (Å²) in [6.07, 6.45) is 0.357. The maximum absolute atomic E-state index is 11.9. The molecule has 5 nitrogen and oxygen atoms in total. The Balaban J connectivity index is 2.47. The number of rotatable bonds is 3. The number of hydrogen-bond donors (Lipinski definition) is 1. The van der Waals surface area contributed by atoms with E-state index in [9.17, 15) is 4.79 Å². The van der Waals surface area contributed by atoms with Gasteiger partial charge in [-0.3, -0.25) is 4.79 Å². The summed E-state index contributed by atoms with van der Waals surface area (Å²) in [6, 6.07) is 1.75. The van der Waals surface area contributed by atoms with Crippen LogP contribution in [0.25, 0.3) is 0 Å². The largest absolute Gasteiger partial charge is 0.378 e. The lowest BCUT2D eigenvalue weighted by molar-refractivity contribution is -0.136. The van der Waals surface area contributed by atoms with Gasteiger partial charge in [0.15, 0.2) is 0 Å². The van der Waals surface area contributed by atoms with Crippen molar-refractivity contribution in [1.29, 1.82) is 5.26 Å². The van der Waals surface area contributed by atoms with Gasteiger partial charge in [-0.15, -0.1) is 0 Å². The minimum absolute atomic E-state index is 0.00236. The lowest BCUT2D eigenvalue weighted by Crippen LogP contribution is -2.53. The zero-order valence-electron chi connectivity index (χ0n) is 9.19. The van der Waals surface area contributed by atoms with E-state index in [1.807, 2.05) is 6.92 Å². The van der Waals surface area contributed by atoms with Gasteiger partial charge in [-0.1, -0.05) is 0 Å². The molecule has 0 aliphatic carbocycles. The molecular formula is C10H17N3O2. The molecule has 2 unspecified atom stereocenters. The molecule has 1 N–H and O–H groups in total. The highest BCUT2D eigenvalue weighted by Crippen LogP contribution is 2.05. The minimum atomic E-state index is -0.259. The fourth-order valence-corrected chi connectivity index (χ4v) is 1.46. The van der Waals surface area contributed by atoms with E-state index in [4.69, 9.17) is 10.00 Å². The number of ether oxygens (including phenoxy) is 1. The molecule has 5 heteroatoms. The highest BCUT2D eigenvalue weighted by atomic mass is 16.5. The Morgan fingerprint density at radius 3 is 3.07 bits per heavy atom. The first-order valence-corrected chi connectivity index (χ1v) is 5.11. The predicted octanol–water partition coefficient (Wildman–Crippen LogP) is -0.265. The number of nitrogens with zero attached hydrogens (tertiary/aromatic N) is 2. The van der Waals surface area contributed by atoms with Gasteiger partial charge in [-0.2, -0.15) is 5.26 Å². The molecule has 15 heavy (non-hydrogen) atoms. The quantitative estimate of drug-likeness (QED) is 0.698. The molecule has 0 aromatic heterocycles. The van der Waals surface area contributed by atoms with Gasteiger partial charge in [0.25, 0.3) is 0 Å². The van der Waals surface area contributed by atoms with Crippen LogP contribution in [0.2, 0.25) is 0 Å². The lowest BCUT2D eigenvalue weighted by Gasteiger charge is -2.30. The first-order valence-electron chi connectivity index (χ1n) is 5.11. The molecule has 0 saturated carbocycles. The van der Waals surface area contributed by atoms with Gasteiger partial charge in [0.05, 0.1) is 25.7 Å². The highest BCUT2D eigenvalue weighted by molar-refractivity contribution is 5.82. The SMILES string of the molecule is CC(CC#N)N(C)C(=O)C1COCCN1. The van der Waals surface area contributed by atoms with Gasteiger partial charge in [0.2, 0.25) is 5.91 Å². The van der Waals surface area contributed by atoms with Crippen LogP contribution in [-0.4, -0.2) is 49.7 Å². The van der Waals surface area contributed by atoms with E-state index in [1.165, 1.54) is 0 Å². The van der Waals surface area contributed by atoms with Crippen LogP contribution >= 0.6 is 0 Å². The Morgan fingerprint density at radius 2 is 2.53 bits per heavy atom. The molecule has 1 heterocycles. The third-order valence-electron chi connectivity index (χ3n) is 2.62. The van der Waals surface area contributed by atoms with Crippen molar-refractivity contribution in [1.82, 2.24) is 10.2 Å². The fourth-order valence-electron chi connectivity index (χ4n) is 1.46. The average molecular weight is 211 g/mol. The maximum Gasteiger partial charge on any atom is 0.242 e.